The van der Waals surface area contributed by atoms with Gasteiger partial charge in [0.25, 0.3) is 0 Å². The molecule has 2 aliphatic rings. The van der Waals surface area contributed by atoms with Crippen molar-refractivity contribution in [2.24, 2.45) is 0 Å². The highest BCUT2D eigenvalue weighted by Crippen LogP contribution is 2.35. The van der Waals surface area contributed by atoms with E-state index in [1.54, 1.807) is 4.90 Å². The minimum atomic E-state index is -3.31. The zero-order valence-electron chi connectivity index (χ0n) is 10.6. The third kappa shape index (κ3) is 3.43. The summed E-state index contributed by atoms with van der Waals surface area (Å²) < 4.78 is 30.0. The fraction of sp³-hybridized carbons (Fsp3) is 0.909. The standard InChI is InChI=1S/C11H20N2O4S/c1-18(15,16)12-8-10(14)13-6-7-17-11(9-13)4-2-3-5-11/h12H,2-9H2,1H3. The smallest absolute Gasteiger partial charge is 0.237 e. The van der Waals surface area contributed by atoms with Gasteiger partial charge in [-0.05, 0) is 12.8 Å². The number of carbonyl (C=O) groups is 1. The lowest BCUT2D eigenvalue weighted by Crippen LogP contribution is -2.54. The molecule has 104 valence electrons. The fourth-order valence-electron chi connectivity index (χ4n) is 2.68. The molecule has 1 heterocycles. The van der Waals surface area contributed by atoms with Gasteiger partial charge in [-0.25, -0.2) is 13.1 Å². The molecule has 0 aromatic heterocycles. The number of carbonyl (C=O) groups excluding carboxylic acids is 1. The van der Waals surface area contributed by atoms with E-state index in [1.807, 2.05) is 0 Å². The van der Waals surface area contributed by atoms with Crippen molar-refractivity contribution in [3.8, 4) is 0 Å². The van der Waals surface area contributed by atoms with E-state index in [4.69, 9.17) is 4.74 Å². The molecular weight excluding hydrogens is 256 g/mol. The molecular formula is C11H20N2O4S. The first-order valence-electron chi connectivity index (χ1n) is 6.27. The summed E-state index contributed by atoms with van der Waals surface area (Å²) >= 11 is 0. The van der Waals surface area contributed by atoms with E-state index in [1.165, 1.54) is 0 Å². The lowest BCUT2D eigenvalue weighted by atomic mass is 10.00. The van der Waals surface area contributed by atoms with E-state index in [0.29, 0.717) is 19.7 Å². The van der Waals surface area contributed by atoms with Crippen molar-refractivity contribution in [3.63, 3.8) is 0 Å². The van der Waals surface area contributed by atoms with Crippen molar-refractivity contribution in [1.82, 2.24) is 9.62 Å². The van der Waals surface area contributed by atoms with Crippen LogP contribution in [0.25, 0.3) is 0 Å². The maximum absolute atomic E-state index is 11.9. The first-order chi connectivity index (χ1) is 8.40. The Bertz CT molecular complexity index is 415. The van der Waals surface area contributed by atoms with E-state index in [9.17, 15) is 13.2 Å². The molecule has 2 fully saturated rings. The second-order valence-electron chi connectivity index (χ2n) is 5.15. The highest BCUT2D eigenvalue weighted by molar-refractivity contribution is 7.88. The molecule has 1 aliphatic heterocycles. The molecule has 0 radical (unpaired) electrons. The highest BCUT2D eigenvalue weighted by Gasteiger charge is 2.40. The van der Waals surface area contributed by atoms with E-state index in [0.717, 1.165) is 31.9 Å². The molecule has 1 amide bonds. The maximum Gasteiger partial charge on any atom is 0.237 e. The largest absolute Gasteiger partial charge is 0.371 e. The summed E-state index contributed by atoms with van der Waals surface area (Å²) in [6.45, 7) is 1.53. The van der Waals surface area contributed by atoms with E-state index in [2.05, 4.69) is 4.72 Å². The summed E-state index contributed by atoms with van der Waals surface area (Å²) in [4.78, 5) is 13.6. The van der Waals surface area contributed by atoms with Crippen LogP contribution in [0.2, 0.25) is 0 Å². The topological polar surface area (TPSA) is 75.7 Å². The number of ether oxygens (including phenoxy) is 1. The summed E-state index contributed by atoms with van der Waals surface area (Å²) in [5.41, 5.74) is -0.168. The molecule has 7 heteroatoms. The van der Waals surface area contributed by atoms with Gasteiger partial charge in [-0.15, -0.1) is 0 Å². The van der Waals surface area contributed by atoms with Crippen molar-refractivity contribution in [3.05, 3.63) is 0 Å². The van der Waals surface area contributed by atoms with E-state index in [-0.39, 0.29) is 18.1 Å². The molecule has 0 bridgehead atoms. The van der Waals surface area contributed by atoms with Crippen LogP contribution in [-0.4, -0.2) is 57.3 Å². The van der Waals surface area contributed by atoms with Crippen LogP contribution in [-0.2, 0) is 19.6 Å². The SMILES string of the molecule is CS(=O)(=O)NCC(=O)N1CCOC2(CCCC2)C1. The van der Waals surface area contributed by atoms with Crippen molar-refractivity contribution in [2.75, 3.05) is 32.5 Å². The molecule has 18 heavy (non-hydrogen) atoms. The number of nitrogens with one attached hydrogen (secondary N) is 1. The van der Waals surface area contributed by atoms with Crippen LogP contribution in [0.3, 0.4) is 0 Å². The zero-order valence-corrected chi connectivity index (χ0v) is 11.5. The lowest BCUT2D eigenvalue weighted by molar-refractivity contribution is -0.148. The number of nitrogens with zero attached hydrogens (tertiary/aromatic N) is 1. The predicted octanol–water partition coefficient (Wildman–Crippen LogP) is -0.293. The summed E-state index contributed by atoms with van der Waals surface area (Å²) in [6, 6.07) is 0. The predicted molar refractivity (Wildman–Crippen MR) is 66.6 cm³/mol. The average Bonchev–Trinajstić information content (AvgIpc) is 2.73. The molecule has 6 nitrogen and oxygen atoms in total. The lowest BCUT2D eigenvalue weighted by Gasteiger charge is -2.40. The van der Waals surface area contributed by atoms with Crippen LogP contribution in [0.5, 0.6) is 0 Å². The van der Waals surface area contributed by atoms with Crippen LogP contribution in [0.1, 0.15) is 25.7 Å². The van der Waals surface area contributed by atoms with E-state index < -0.39 is 10.0 Å². The highest BCUT2D eigenvalue weighted by atomic mass is 32.2. The van der Waals surface area contributed by atoms with Crippen LogP contribution >= 0.6 is 0 Å². The Hall–Kier alpha value is -0.660. The third-order valence-corrected chi connectivity index (χ3v) is 4.27. The van der Waals surface area contributed by atoms with Gasteiger partial charge < -0.3 is 9.64 Å². The number of sulfonamides is 1. The number of hydrogen-bond donors (Lipinski definition) is 1. The van der Waals surface area contributed by atoms with Crippen molar-refractivity contribution in [1.29, 1.82) is 0 Å². The Morgan fingerprint density at radius 1 is 1.39 bits per heavy atom. The van der Waals surface area contributed by atoms with Gasteiger partial charge in [0.2, 0.25) is 15.9 Å². The molecule has 0 aromatic rings. The van der Waals surface area contributed by atoms with E-state index >= 15 is 0 Å². The second-order valence-corrected chi connectivity index (χ2v) is 6.98. The Morgan fingerprint density at radius 3 is 2.67 bits per heavy atom. The molecule has 1 N–H and O–H groups in total. The minimum absolute atomic E-state index is 0.158. The van der Waals surface area contributed by atoms with Gasteiger partial charge >= 0.3 is 0 Å². The molecule has 0 atom stereocenters. The van der Waals surface area contributed by atoms with Crippen LogP contribution in [0.4, 0.5) is 0 Å². The number of morpholine rings is 1. The quantitative estimate of drug-likeness (QED) is 0.768. The fourth-order valence-corrected chi connectivity index (χ4v) is 3.07. The Labute approximate surface area is 108 Å². The molecule has 1 saturated heterocycles. The summed E-state index contributed by atoms with van der Waals surface area (Å²) in [7, 11) is -3.31. The molecule has 2 rings (SSSR count). The van der Waals surface area contributed by atoms with Gasteiger partial charge in [0, 0.05) is 13.1 Å². The molecule has 1 saturated carbocycles. The van der Waals surface area contributed by atoms with Gasteiger partial charge in [-0.2, -0.15) is 0 Å². The van der Waals surface area contributed by atoms with Crippen LogP contribution in [0, 0.1) is 0 Å². The van der Waals surface area contributed by atoms with Crippen molar-refractivity contribution in [2.45, 2.75) is 31.3 Å². The Kier molecular flexibility index (Phi) is 3.93. The monoisotopic (exact) mass is 276 g/mol. The van der Waals surface area contributed by atoms with Gasteiger partial charge in [0.05, 0.1) is 25.0 Å². The summed E-state index contributed by atoms with van der Waals surface area (Å²) in [5, 5.41) is 0. The van der Waals surface area contributed by atoms with Crippen LogP contribution < -0.4 is 4.72 Å². The number of amides is 1. The maximum atomic E-state index is 11.9. The summed E-state index contributed by atoms with van der Waals surface area (Å²) in [6.07, 6.45) is 5.33. The Morgan fingerprint density at radius 2 is 2.06 bits per heavy atom. The molecule has 1 spiro atoms. The number of rotatable bonds is 3. The van der Waals surface area contributed by atoms with Gasteiger partial charge in [0.1, 0.15) is 0 Å². The first kappa shape index (κ1) is 13.8. The number of hydrogen-bond acceptors (Lipinski definition) is 4. The Balaban J connectivity index is 1.90. The first-order valence-corrected chi connectivity index (χ1v) is 8.16. The summed E-state index contributed by atoms with van der Waals surface area (Å²) in [5.74, 6) is -0.171. The van der Waals surface area contributed by atoms with Crippen molar-refractivity contribution >= 4 is 15.9 Å². The second kappa shape index (κ2) is 5.14. The van der Waals surface area contributed by atoms with Gasteiger partial charge in [-0.1, -0.05) is 12.8 Å². The average molecular weight is 276 g/mol. The van der Waals surface area contributed by atoms with Gasteiger partial charge in [-0.3, -0.25) is 4.79 Å². The molecule has 0 unspecified atom stereocenters. The zero-order chi connectivity index (χ0) is 13.2. The third-order valence-electron chi connectivity index (χ3n) is 3.60. The van der Waals surface area contributed by atoms with Crippen LogP contribution in [0.15, 0.2) is 0 Å². The normalized spacial score (nSPS) is 23.5. The molecule has 1 aliphatic carbocycles. The minimum Gasteiger partial charge on any atom is -0.371 e. The van der Waals surface area contributed by atoms with Crippen molar-refractivity contribution < 1.29 is 17.9 Å². The van der Waals surface area contributed by atoms with Gasteiger partial charge in [0.15, 0.2) is 0 Å². The molecule has 0 aromatic carbocycles.